The molecule has 1 aromatic carbocycles. The standard InChI is InChI=1S/C28H38O3S/c1-17-14-20(15-18(2)26(17)31-13-9-7-6-8-12-29)10-11-23(30)27-21-16-22-25(28(22,4)5)24(21)19(3)32-27/h14-15,22,25,29H,6-13,16H2,1-5H3/t22-,25-/m1/s1. The van der Waals surface area contributed by atoms with Crippen molar-refractivity contribution in [1.82, 2.24) is 0 Å². The van der Waals surface area contributed by atoms with Gasteiger partial charge in [0.25, 0.3) is 0 Å². The molecule has 0 aliphatic heterocycles. The lowest BCUT2D eigenvalue weighted by atomic mass is 9.93. The van der Waals surface area contributed by atoms with Crippen LogP contribution in [-0.2, 0) is 12.8 Å². The van der Waals surface area contributed by atoms with Gasteiger partial charge in [0, 0.05) is 17.9 Å². The Kier molecular flexibility index (Phi) is 6.84. The molecule has 2 aromatic rings. The number of rotatable bonds is 11. The molecule has 2 aliphatic carbocycles. The lowest BCUT2D eigenvalue weighted by Crippen LogP contribution is -2.06. The Labute approximate surface area is 197 Å². The van der Waals surface area contributed by atoms with Crippen molar-refractivity contribution in [3.63, 3.8) is 0 Å². The van der Waals surface area contributed by atoms with Gasteiger partial charge in [-0.1, -0.05) is 32.4 Å². The summed E-state index contributed by atoms with van der Waals surface area (Å²) in [6, 6.07) is 4.37. The summed E-state index contributed by atoms with van der Waals surface area (Å²) in [5.41, 5.74) is 6.84. The van der Waals surface area contributed by atoms with E-state index < -0.39 is 0 Å². The minimum absolute atomic E-state index is 0.275. The summed E-state index contributed by atoms with van der Waals surface area (Å²) in [6.45, 7) is 12.1. The molecule has 1 aromatic heterocycles. The van der Waals surface area contributed by atoms with Crippen LogP contribution < -0.4 is 4.74 Å². The first kappa shape index (κ1) is 23.5. The number of ketones is 1. The third kappa shape index (κ3) is 4.41. The van der Waals surface area contributed by atoms with Gasteiger partial charge in [0.1, 0.15) is 5.75 Å². The molecule has 174 valence electrons. The summed E-state index contributed by atoms with van der Waals surface area (Å²) in [7, 11) is 0. The number of unbranched alkanes of at least 4 members (excludes halogenated alkanes) is 3. The molecular weight excluding hydrogens is 416 g/mol. The van der Waals surface area contributed by atoms with Gasteiger partial charge in [-0.05, 0) is 97.9 Å². The summed E-state index contributed by atoms with van der Waals surface area (Å²) in [4.78, 5) is 15.5. The molecule has 3 nitrogen and oxygen atoms in total. The van der Waals surface area contributed by atoms with Gasteiger partial charge in [0.05, 0.1) is 11.5 Å². The average Bonchev–Trinajstić information content (AvgIpc) is 3.06. The Hall–Kier alpha value is -1.65. The number of hydrogen-bond donors (Lipinski definition) is 1. The fraction of sp³-hybridized carbons (Fsp3) is 0.607. The summed E-state index contributed by atoms with van der Waals surface area (Å²) >= 11 is 1.73. The van der Waals surface area contributed by atoms with Crippen molar-refractivity contribution in [3.05, 3.63) is 49.7 Å². The Morgan fingerprint density at radius 3 is 2.50 bits per heavy atom. The molecule has 0 bridgehead atoms. The fourth-order valence-corrected chi connectivity index (χ4v) is 7.08. The maximum absolute atomic E-state index is 13.1. The van der Waals surface area contributed by atoms with E-state index in [0.717, 1.165) is 66.2 Å². The van der Waals surface area contributed by atoms with E-state index in [0.29, 0.717) is 30.1 Å². The number of thiophene rings is 1. The van der Waals surface area contributed by atoms with Gasteiger partial charge in [-0.3, -0.25) is 4.79 Å². The van der Waals surface area contributed by atoms with Crippen LogP contribution in [-0.4, -0.2) is 24.1 Å². The lowest BCUT2D eigenvalue weighted by molar-refractivity contribution is 0.0985. The molecule has 2 aliphatic rings. The molecule has 4 rings (SSSR count). The van der Waals surface area contributed by atoms with Gasteiger partial charge in [-0.25, -0.2) is 0 Å². The van der Waals surface area contributed by atoms with Gasteiger partial charge in [0.2, 0.25) is 0 Å². The van der Waals surface area contributed by atoms with Crippen LogP contribution in [0.1, 0.15) is 94.2 Å². The van der Waals surface area contributed by atoms with Crippen LogP contribution in [0.25, 0.3) is 0 Å². The van der Waals surface area contributed by atoms with E-state index in [2.05, 4.69) is 46.8 Å². The second-order valence-electron chi connectivity index (χ2n) is 10.5. The van der Waals surface area contributed by atoms with Crippen LogP contribution in [0, 0.1) is 32.1 Å². The van der Waals surface area contributed by atoms with Gasteiger partial charge in [0.15, 0.2) is 5.78 Å². The Balaban J connectivity index is 1.34. The summed E-state index contributed by atoms with van der Waals surface area (Å²) in [6.07, 6.45) is 6.49. The zero-order valence-corrected chi connectivity index (χ0v) is 21.2. The number of carbonyl (C=O) groups is 1. The molecular formula is C28H38O3S. The molecule has 4 heteroatoms. The number of aliphatic hydroxyl groups excluding tert-OH is 1. The molecule has 1 heterocycles. The normalized spacial score (nSPS) is 20.2. The number of aliphatic hydroxyl groups is 1. The highest BCUT2D eigenvalue weighted by atomic mass is 32.1. The van der Waals surface area contributed by atoms with Crippen LogP contribution >= 0.6 is 11.3 Å². The highest BCUT2D eigenvalue weighted by molar-refractivity contribution is 7.14. The van der Waals surface area contributed by atoms with Crippen LogP contribution in [0.5, 0.6) is 5.75 Å². The molecule has 1 saturated carbocycles. The highest BCUT2D eigenvalue weighted by Crippen LogP contribution is 2.71. The minimum atomic E-state index is 0.275. The molecule has 0 unspecified atom stereocenters. The third-order valence-corrected chi connectivity index (χ3v) is 8.94. The van der Waals surface area contributed by atoms with Crippen LogP contribution in [0.15, 0.2) is 12.1 Å². The summed E-state index contributed by atoms with van der Waals surface area (Å²) in [5, 5.41) is 8.86. The Morgan fingerprint density at radius 1 is 1.12 bits per heavy atom. The maximum atomic E-state index is 13.1. The quantitative estimate of drug-likeness (QED) is 0.303. The van der Waals surface area contributed by atoms with Crippen molar-refractivity contribution < 1.29 is 14.6 Å². The minimum Gasteiger partial charge on any atom is -0.493 e. The van der Waals surface area contributed by atoms with Crippen molar-refractivity contribution in [3.8, 4) is 5.75 Å². The van der Waals surface area contributed by atoms with E-state index in [1.165, 1.54) is 21.6 Å². The van der Waals surface area contributed by atoms with Crippen molar-refractivity contribution in [2.24, 2.45) is 11.3 Å². The molecule has 0 amide bonds. The van der Waals surface area contributed by atoms with Gasteiger partial charge < -0.3 is 9.84 Å². The molecule has 0 spiro atoms. The van der Waals surface area contributed by atoms with Gasteiger partial charge in [-0.2, -0.15) is 0 Å². The van der Waals surface area contributed by atoms with Crippen molar-refractivity contribution in [1.29, 1.82) is 0 Å². The van der Waals surface area contributed by atoms with E-state index in [1.807, 2.05) is 0 Å². The number of carbonyl (C=O) groups excluding carboxylic acids is 1. The number of aryl methyl sites for hydroxylation is 4. The predicted octanol–water partition coefficient (Wildman–Crippen LogP) is 6.72. The number of fused-ring (bicyclic) bond motifs is 3. The molecule has 0 saturated heterocycles. The predicted molar refractivity (Wildman–Crippen MR) is 132 cm³/mol. The first-order chi connectivity index (χ1) is 15.3. The lowest BCUT2D eigenvalue weighted by Gasteiger charge is -2.14. The van der Waals surface area contributed by atoms with Crippen LogP contribution in [0.4, 0.5) is 0 Å². The molecule has 2 atom stereocenters. The van der Waals surface area contributed by atoms with Gasteiger partial charge in [-0.15, -0.1) is 11.3 Å². The summed E-state index contributed by atoms with van der Waals surface area (Å²) in [5.74, 6) is 2.73. The van der Waals surface area contributed by atoms with E-state index in [-0.39, 0.29) is 6.61 Å². The average molecular weight is 455 g/mol. The maximum Gasteiger partial charge on any atom is 0.173 e. The smallest absolute Gasteiger partial charge is 0.173 e. The fourth-order valence-electron chi connectivity index (χ4n) is 5.88. The second-order valence-corrected chi connectivity index (χ2v) is 11.7. The number of hydrogen-bond acceptors (Lipinski definition) is 4. The second kappa shape index (κ2) is 9.30. The van der Waals surface area contributed by atoms with Gasteiger partial charge >= 0.3 is 0 Å². The van der Waals surface area contributed by atoms with E-state index in [4.69, 9.17) is 9.84 Å². The van der Waals surface area contributed by atoms with E-state index in [1.54, 1.807) is 11.3 Å². The van der Waals surface area contributed by atoms with Crippen LogP contribution in [0.2, 0.25) is 0 Å². The highest BCUT2D eigenvalue weighted by Gasteiger charge is 2.63. The first-order valence-electron chi connectivity index (χ1n) is 12.2. The van der Waals surface area contributed by atoms with E-state index in [9.17, 15) is 4.79 Å². The zero-order chi connectivity index (χ0) is 23.0. The van der Waals surface area contributed by atoms with Crippen molar-refractivity contribution in [2.45, 2.75) is 85.5 Å². The largest absolute Gasteiger partial charge is 0.493 e. The Bertz CT molecular complexity index is 977. The zero-order valence-electron chi connectivity index (χ0n) is 20.3. The van der Waals surface area contributed by atoms with Crippen molar-refractivity contribution in [2.75, 3.05) is 13.2 Å². The summed E-state index contributed by atoms with van der Waals surface area (Å²) < 4.78 is 6.05. The molecule has 32 heavy (non-hydrogen) atoms. The number of benzene rings is 1. The third-order valence-electron chi connectivity index (χ3n) is 7.73. The SMILES string of the molecule is Cc1cc(CCC(=O)c2sc(C)c3c2C[C@@H]2[C@H]3C2(C)C)cc(C)c1OCCCCCCO. The molecule has 0 radical (unpaired) electrons. The monoisotopic (exact) mass is 454 g/mol. The van der Waals surface area contributed by atoms with Crippen molar-refractivity contribution >= 4 is 17.1 Å². The number of Topliss-reactive ketones (excluding diaryl/α,β-unsaturated/α-hetero) is 1. The van der Waals surface area contributed by atoms with Crippen LogP contribution in [0.3, 0.4) is 0 Å². The molecule has 1 fully saturated rings. The topological polar surface area (TPSA) is 46.5 Å². The number of ether oxygens (including phenoxy) is 1. The molecule has 1 N–H and O–H groups in total. The van der Waals surface area contributed by atoms with E-state index >= 15 is 0 Å². The Morgan fingerprint density at radius 2 is 1.81 bits per heavy atom. The first-order valence-corrected chi connectivity index (χ1v) is 13.1.